The molecular formula is C17H16N4O3. The highest BCUT2D eigenvalue weighted by Gasteiger charge is 2.14. The van der Waals surface area contributed by atoms with E-state index in [2.05, 4.69) is 10.4 Å². The van der Waals surface area contributed by atoms with Gasteiger partial charge in [-0.15, -0.1) is 0 Å². The van der Waals surface area contributed by atoms with Crippen LogP contribution in [-0.2, 0) is 17.9 Å². The maximum absolute atomic E-state index is 12.2. The molecule has 0 bridgehead atoms. The minimum atomic E-state index is -0.431. The highest BCUT2D eigenvalue weighted by Crippen LogP contribution is 2.32. The summed E-state index contributed by atoms with van der Waals surface area (Å²) in [6.45, 7) is 3.19. The van der Waals surface area contributed by atoms with E-state index in [0.29, 0.717) is 23.6 Å². The summed E-state index contributed by atoms with van der Waals surface area (Å²) < 4.78 is 12.3. The monoisotopic (exact) mass is 324 g/mol. The lowest BCUT2D eigenvalue weighted by molar-refractivity contribution is -0.117. The van der Waals surface area contributed by atoms with E-state index in [1.54, 1.807) is 23.1 Å². The van der Waals surface area contributed by atoms with Gasteiger partial charge in [0, 0.05) is 24.8 Å². The Balaban J connectivity index is 1.65. The maximum atomic E-state index is 12.2. The number of nitriles is 1. The Kier molecular flexibility index (Phi) is 4.47. The van der Waals surface area contributed by atoms with Crippen LogP contribution >= 0.6 is 0 Å². The van der Waals surface area contributed by atoms with Crippen molar-refractivity contribution in [2.24, 2.45) is 0 Å². The third-order valence-corrected chi connectivity index (χ3v) is 3.54. The van der Waals surface area contributed by atoms with Gasteiger partial charge in [-0.25, -0.2) is 0 Å². The fraction of sp³-hybridized carbons (Fsp3) is 0.235. The Morgan fingerprint density at radius 3 is 3.04 bits per heavy atom. The second-order valence-electron chi connectivity index (χ2n) is 5.17. The number of benzene rings is 1. The Morgan fingerprint density at radius 1 is 1.46 bits per heavy atom. The van der Waals surface area contributed by atoms with Crippen LogP contribution < -0.4 is 14.8 Å². The van der Waals surface area contributed by atoms with Crippen LogP contribution in [0, 0.1) is 11.3 Å². The molecule has 0 aliphatic carbocycles. The number of carbonyl (C=O) groups excluding carboxylic acids is 1. The summed E-state index contributed by atoms with van der Waals surface area (Å²) in [5, 5.41) is 16.0. The number of aryl methyl sites for hydroxylation is 1. The number of nitrogens with one attached hydrogen (secondary N) is 1. The van der Waals surface area contributed by atoms with E-state index in [9.17, 15) is 10.1 Å². The molecule has 0 radical (unpaired) electrons. The van der Waals surface area contributed by atoms with Gasteiger partial charge in [0.05, 0.1) is 6.20 Å². The van der Waals surface area contributed by atoms with Gasteiger partial charge in [0.25, 0.3) is 5.91 Å². The van der Waals surface area contributed by atoms with Gasteiger partial charge in [-0.05, 0) is 30.7 Å². The molecule has 0 saturated heterocycles. The van der Waals surface area contributed by atoms with Crippen LogP contribution in [0.2, 0.25) is 0 Å². The first-order valence-electron chi connectivity index (χ1n) is 7.50. The average molecular weight is 324 g/mol. The molecule has 2 aromatic rings. The molecule has 0 spiro atoms. The van der Waals surface area contributed by atoms with E-state index in [1.807, 2.05) is 25.1 Å². The number of hydrogen-bond acceptors (Lipinski definition) is 5. The fourth-order valence-corrected chi connectivity index (χ4v) is 2.27. The number of hydrogen-bond donors (Lipinski definition) is 1. The number of amides is 1. The molecule has 1 aliphatic heterocycles. The molecule has 7 nitrogen and oxygen atoms in total. The highest BCUT2D eigenvalue weighted by atomic mass is 16.7. The first-order valence-corrected chi connectivity index (χ1v) is 7.50. The molecule has 0 atom stereocenters. The Labute approximate surface area is 139 Å². The zero-order chi connectivity index (χ0) is 16.9. The average Bonchev–Trinajstić information content (AvgIpc) is 3.25. The lowest BCUT2D eigenvalue weighted by Crippen LogP contribution is -2.23. The van der Waals surface area contributed by atoms with Crippen LogP contribution in [-0.4, -0.2) is 22.5 Å². The van der Waals surface area contributed by atoms with Crippen molar-refractivity contribution in [2.75, 3.05) is 6.79 Å². The summed E-state index contributed by atoms with van der Waals surface area (Å²) in [6.07, 6.45) is 4.92. The number of nitrogens with zero attached hydrogens (tertiary/aromatic N) is 3. The van der Waals surface area contributed by atoms with E-state index in [4.69, 9.17) is 9.47 Å². The van der Waals surface area contributed by atoms with E-state index < -0.39 is 5.91 Å². The number of rotatable bonds is 5. The van der Waals surface area contributed by atoms with E-state index in [1.165, 1.54) is 6.08 Å². The third kappa shape index (κ3) is 3.38. The van der Waals surface area contributed by atoms with Gasteiger partial charge in [-0.1, -0.05) is 6.07 Å². The first-order chi connectivity index (χ1) is 11.7. The standard InChI is InChI=1S/C17H16N4O3/c1-2-21-10-13(9-20-21)5-14(7-18)17(22)19-8-12-3-4-15-16(6-12)24-11-23-15/h3-6,9-10H,2,8,11H2,1H3,(H,19,22)/b14-5+. The molecule has 0 unspecified atom stereocenters. The van der Waals surface area contributed by atoms with E-state index >= 15 is 0 Å². The van der Waals surface area contributed by atoms with Crippen LogP contribution in [0.15, 0.2) is 36.2 Å². The Morgan fingerprint density at radius 2 is 2.29 bits per heavy atom. The highest BCUT2D eigenvalue weighted by molar-refractivity contribution is 6.01. The van der Waals surface area contributed by atoms with Crippen molar-refractivity contribution in [1.29, 1.82) is 5.26 Å². The second kappa shape index (κ2) is 6.87. The molecule has 3 rings (SSSR count). The molecule has 24 heavy (non-hydrogen) atoms. The van der Waals surface area contributed by atoms with Gasteiger partial charge in [-0.2, -0.15) is 10.4 Å². The normalized spacial score (nSPS) is 12.8. The quantitative estimate of drug-likeness (QED) is 0.670. The van der Waals surface area contributed by atoms with Gasteiger partial charge in [0.2, 0.25) is 6.79 Å². The number of ether oxygens (including phenoxy) is 2. The summed E-state index contributed by atoms with van der Waals surface area (Å²) >= 11 is 0. The maximum Gasteiger partial charge on any atom is 0.262 e. The van der Waals surface area contributed by atoms with Crippen molar-refractivity contribution in [2.45, 2.75) is 20.0 Å². The van der Waals surface area contributed by atoms with Crippen LogP contribution in [0.5, 0.6) is 11.5 Å². The minimum Gasteiger partial charge on any atom is -0.454 e. The predicted molar refractivity (Wildman–Crippen MR) is 85.9 cm³/mol. The molecule has 1 aliphatic rings. The molecule has 1 N–H and O–H groups in total. The van der Waals surface area contributed by atoms with Gasteiger partial charge < -0.3 is 14.8 Å². The number of aromatic nitrogens is 2. The number of carbonyl (C=O) groups is 1. The molecule has 2 heterocycles. The van der Waals surface area contributed by atoms with Crippen molar-refractivity contribution in [3.63, 3.8) is 0 Å². The molecular weight excluding hydrogens is 308 g/mol. The summed E-state index contributed by atoms with van der Waals surface area (Å²) in [4.78, 5) is 12.2. The summed E-state index contributed by atoms with van der Waals surface area (Å²) in [5.41, 5.74) is 1.61. The smallest absolute Gasteiger partial charge is 0.262 e. The topological polar surface area (TPSA) is 89.2 Å². The lowest BCUT2D eigenvalue weighted by Gasteiger charge is -2.05. The molecule has 7 heteroatoms. The van der Waals surface area contributed by atoms with Crippen LogP contribution in [0.1, 0.15) is 18.1 Å². The van der Waals surface area contributed by atoms with Crippen molar-refractivity contribution in [3.05, 3.63) is 47.3 Å². The van der Waals surface area contributed by atoms with Gasteiger partial charge in [0.15, 0.2) is 11.5 Å². The lowest BCUT2D eigenvalue weighted by atomic mass is 10.1. The van der Waals surface area contributed by atoms with Crippen molar-refractivity contribution in [3.8, 4) is 17.6 Å². The van der Waals surface area contributed by atoms with E-state index in [-0.39, 0.29) is 12.4 Å². The molecule has 122 valence electrons. The molecule has 0 saturated carbocycles. The van der Waals surface area contributed by atoms with E-state index in [0.717, 1.165) is 12.1 Å². The van der Waals surface area contributed by atoms with Crippen LogP contribution in [0.4, 0.5) is 0 Å². The van der Waals surface area contributed by atoms with Gasteiger partial charge in [-0.3, -0.25) is 9.48 Å². The second-order valence-corrected chi connectivity index (χ2v) is 5.17. The minimum absolute atomic E-state index is 0.0337. The fourth-order valence-electron chi connectivity index (χ4n) is 2.27. The molecule has 1 amide bonds. The third-order valence-electron chi connectivity index (χ3n) is 3.54. The van der Waals surface area contributed by atoms with Gasteiger partial charge >= 0.3 is 0 Å². The molecule has 1 aromatic carbocycles. The van der Waals surface area contributed by atoms with Crippen LogP contribution in [0.3, 0.4) is 0 Å². The SMILES string of the molecule is CCn1cc(/C=C(\C#N)C(=O)NCc2ccc3c(c2)OCO3)cn1. The molecule has 0 fully saturated rings. The Bertz CT molecular complexity index is 833. The summed E-state index contributed by atoms with van der Waals surface area (Å²) in [5.74, 6) is 0.916. The Hall–Kier alpha value is -3.27. The van der Waals surface area contributed by atoms with Crippen molar-refractivity contribution < 1.29 is 14.3 Å². The molecule has 1 aromatic heterocycles. The summed E-state index contributed by atoms with van der Waals surface area (Å²) in [7, 11) is 0. The van der Waals surface area contributed by atoms with Crippen molar-refractivity contribution >= 4 is 12.0 Å². The zero-order valence-corrected chi connectivity index (χ0v) is 13.2. The first kappa shape index (κ1) is 15.6. The predicted octanol–water partition coefficient (Wildman–Crippen LogP) is 1.86. The zero-order valence-electron chi connectivity index (χ0n) is 13.2. The number of fused-ring (bicyclic) bond motifs is 1. The van der Waals surface area contributed by atoms with Crippen molar-refractivity contribution in [1.82, 2.24) is 15.1 Å². The van der Waals surface area contributed by atoms with Gasteiger partial charge in [0.1, 0.15) is 11.6 Å². The summed E-state index contributed by atoms with van der Waals surface area (Å²) in [6, 6.07) is 7.37. The largest absolute Gasteiger partial charge is 0.454 e. The van der Waals surface area contributed by atoms with Crippen LogP contribution in [0.25, 0.3) is 6.08 Å².